The van der Waals surface area contributed by atoms with Crippen LogP contribution in [0.1, 0.15) is 29.5 Å². The van der Waals surface area contributed by atoms with E-state index in [-0.39, 0.29) is 18.7 Å². The molecule has 0 aliphatic heterocycles. The maximum Gasteiger partial charge on any atom is 0.223 e. The largest absolute Gasteiger partial charge is 0.496 e. The fourth-order valence-electron chi connectivity index (χ4n) is 2.02. The van der Waals surface area contributed by atoms with Gasteiger partial charge in [0.25, 0.3) is 0 Å². The molecule has 0 N–H and O–H groups in total. The van der Waals surface area contributed by atoms with Crippen LogP contribution >= 0.6 is 0 Å². The molecule has 0 fully saturated rings. The number of rotatable bonds is 5. The first kappa shape index (κ1) is 15.0. The Morgan fingerprint density at radius 3 is 2.68 bits per heavy atom. The Bertz CT molecular complexity index is 504. The lowest BCUT2D eigenvalue weighted by atomic mass is 10.0. The van der Waals surface area contributed by atoms with E-state index in [0.29, 0.717) is 6.54 Å². The summed E-state index contributed by atoms with van der Waals surface area (Å²) in [6.07, 6.45) is 0.521. The molecular weight excluding hydrogens is 240 g/mol. The zero-order valence-electron chi connectivity index (χ0n) is 12.0. The van der Waals surface area contributed by atoms with Gasteiger partial charge in [0.15, 0.2) is 0 Å². The Labute approximate surface area is 114 Å². The average molecular weight is 260 g/mol. The third-order valence-electron chi connectivity index (χ3n) is 3.07. The minimum atomic E-state index is -0.0245. The molecule has 0 saturated heterocycles. The number of nitrogens with zero attached hydrogens (tertiary/aromatic N) is 2. The monoisotopic (exact) mass is 260 g/mol. The molecule has 0 bridgehead atoms. The van der Waals surface area contributed by atoms with Gasteiger partial charge in [-0.25, -0.2) is 0 Å². The molecule has 4 heteroatoms. The van der Waals surface area contributed by atoms with E-state index in [0.717, 1.165) is 22.4 Å². The lowest BCUT2D eigenvalue weighted by Gasteiger charge is -2.20. The first-order valence-corrected chi connectivity index (χ1v) is 6.24. The van der Waals surface area contributed by atoms with Crippen molar-refractivity contribution in [3.63, 3.8) is 0 Å². The van der Waals surface area contributed by atoms with Crippen molar-refractivity contribution in [2.45, 2.75) is 33.2 Å². The van der Waals surface area contributed by atoms with Crippen molar-refractivity contribution in [3.8, 4) is 11.8 Å². The predicted molar refractivity (Wildman–Crippen MR) is 73.8 cm³/mol. The van der Waals surface area contributed by atoms with Crippen molar-refractivity contribution >= 4 is 5.91 Å². The lowest BCUT2D eigenvalue weighted by molar-refractivity contribution is -0.130. The second kappa shape index (κ2) is 6.79. The van der Waals surface area contributed by atoms with Crippen LogP contribution in [0.4, 0.5) is 0 Å². The molecule has 19 heavy (non-hydrogen) atoms. The first-order chi connectivity index (χ1) is 8.99. The van der Waals surface area contributed by atoms with Crippen LogP contribution in [-0.2, 0) is 11.3 Å². The third kappa shape index (κ3) is 3.99. The Kier molecular flexibility index (Phi) is 5.37. The Morgan fingerprint density at radius 2 is 2.11 bits per heavy atom. The SMILES string of the molecule is COc1cc(C)cc(C)c1CN(C)C(=O)CCC#N. The highest BCUT2D eigenvalue weighted by Gasteiger charge is 2.14. The van der Waals surface area contributed by atoms with Gasteiger partial charge in [-0.1, -0.05) is 6.07 Å². The summed E-state index contributed by atoms with van der Waals surface area (Å²) >= 11 is 0. The van der Waals surface area contributed by atoms with E-state index >= 15 is 0 Å². The number of benzene rings is 1. The predicted octanol–water partition coefficient (Wildman–Crippen LogP) is 2.57. The number of ether oxygens (including phenoxy) is 1. The van der Waals surface area contributed by atoms with Gasteiger partial charge in [0.05, 0.1) is 13.2 Å². The highest BCUT2D eigenvalue weighted by molar-refractivity contribution is 5.76. The van der Waals surface area contributed by atoms with Gasteiger partial charge in [0.1, 0.15) is 5.75 Å². The molecule has 0 aliphatic rings. The Hall–Kier alpha value is -2.02. The van der Waals surface area contributed by atoms with Crippen molar-refractivity contribution in [1.29, 1.82) is 5.26 Å². The van der Waals surface area contributed by atoms with Crippen LogP contribution in [0.15, 0.2) is 12.1 Å². The van der Waals surface area contributed by atoms with Gasteiger partial charge in [-0.15, -0.1) is 0 Å². The van der Waals surface area contributed by atoms with Crippen molar-refractivity contribution in [3.05, 3.63) is 28.8 Å². The molecule has 4 nitrogen and oxygen atoms in total. The summed E-state index contributed by atoms with van der Waals surface area (Å²) in [5, 5.41) is 8.50. The molecule has 1 rings (SSSR count). The Balaban J connectivity index is 2.87. The molecule has 0 spiro atoms. The molecule has 0 radical (unpaired) electrons. The quantitative estimate of drug-likeness (QED) is 0.817. The van der Waals surface area contributed by atoms with E-state index in [2.05, 4.69) is 6.07 Å². The molecule has 102 valence electrons. The van der Waals surface area contributed by atoms with Crippen LogP contribution in [0.5, 0.6) is 5.75 Å². The van der Waals surface area contributed by atoms with Gasteiger partial charge in [0, 0.05) is 32.0 Å². The van der Waals surface area contributed by atoms with Crippen molar-refractivity contribution in [2.75, 3.05) is 14.2 Å². The molecule has 1 amide bonds. The number of carbonyl (C=O) groups excluding carboxylic acids is 1. The molecule has 0 heterocycles. The van der Waals surface area contributed by atoms with E-state index in [4.69, 9.17) is 10.00 Å². The molecule has 0 saturated carbocycles. The van der Waals surface area contributed by atoms with E-state index in [9.17, 15) is 4.79 Å². The highest BCUT2D eigenvalue weighted by atomic mass is 16.5. The van der Waals surface area contributed by atoms with Crippen molar-refractivity contribution < 1.29 is 9.53 Å². The molecule has 0 aromatic heterocycles. The number of nitriles is 1. The van der Waals surface area contributed by atoms with Crippen LogP contribution in [0.3, 0.4) is 0 Å². The fourth-order valence-corrected chi connectivity index (χ4v) is 2.02. The van der Waals surface area contributed by atoms with Gasteiger partial charge in [0.2, 0.25) is 5.91 Å². The highest BCUT2D eigenvalue weighted by Crippen LogP contribution is 2.25. The van der Waals surface area contributed by atoms with Gasteiger partial charge in [-0.05, 0) is 31.0 Å². The number of methoxy groups -OCH3 is 1. The van der Waals surface area contributed by atoms with Crippen molar-refractivity contribution in [1.82, 2.24) is 4.90 Å². The number of aryl methyl sites for hydroxylation is 2. The fraction of sp³-hybridized carbons (Fsp3) is 0.467. The second-order valence-corrected chi connectivity index (χ2v) is 4.67. The summed E-state index contributed by atoms with van der Waals surface area (Å²) < 4.78 is 5.38. The molecular formula is C15H20N2O2. The molecule has 0 aliphatic carbocycles. The molecule has 1 aromatic carbocycles. The molecule has 0 atom stereocenters. The van der Waals surface area contributed by atoms with E-state index in [1.54, 1.807) is 19.1 Å². The number of amides is 1. The van der Waals surface area contributed by atoms with Gasteiger partial charge in [-0.3, -0.25) is 4.79 Å². The summed E-state index contributed by atoms with van der Waals surface area (Å²) in [5.41, 5.74) is 3.26. The summed E-state index contributed by atoms with van der Waals surface area (Å²) in [7, 11) is 3.38. The lowest BCUT2D eigenvalue weighted by Crippen LogP contribution is -2.26. The minimum absolute atomic E-state index is 0.0245. The standard InChI is InChI=1S/C15H20N2O2/c1-11-8-12(2)13(14(9-11)19-4)10-17(3)15(18)6-5-7-16/h8-9H,5-6,10H2,1-4H3. The van der Waals surface area contributed by atoms with Crippen LogP contribution < -0.4 is 4.74 Å². The zero-order valence-corrected chi connectivity index (χ0v) is 12.0. The van der Waals surface area contributed by atoms with E-state index < -0.39 is 0 Å². The normalized spacial score (nSPS) is 9.84. The third-order valence-corrected chi connectivity index (χ3v) is 3.07. The van der Waals surface area contributed by atoms with E-state index in [1.165, 1.54) is 0 Å². The van der Waals surface area contributed by atoms with Gasteiger partial charge < -0.3 is 9.64 Å². The second-order valence-electron chi connectivity index (χ2n) is 4.67. The van der Waals surface area contributed by atoms with Crippen molar-refractivity contribution in [2.24, 2.45) is 0 Å². The van der Waals surface area contributed by atoms with E-state index in [1.807, 2.05) is 26.0 Å². The number of hydrogen-bond acceptors (Lipinski definition) is 3. The molecule has 1 aromatic rings. The minimum Gasteiger partial charge on any atom is -0.496 e. The summed E-state index contributed by atoms with van der Waals surface area (Å²) in [4.78, 5) is 13.5. The Morgan fingerprint density at radius 1 is 1.42 bits per heavy atom. The zero-order chi connectivity index (χ0) is 14.4. The topological polar surface area (TPSA) is 53.3 Å². The summed E-state index contributed by atoms with van der Waals surface area (Å²) in [6.45, 7) is 4.53. The number of carbonyl (C=O) groups is 1. The van der Waals surface area contributed by atoms with Gasteiger partial charge in [-0.2, -0.15) is 5.26 Å². The first-order valence-electron chi connectivity index (χ1n) is 6.24. The van der Waals surface area contributed by atoms with Crippen LogP contribution in [0.25, 0.3) is 0 Å². The maximum absolute atomic E-state index is 11.8. The van der Waals surface area contributed by atoms with Gasteiger partial charge >= 0.3 is 0 Å². The summed E-state index contributed by atoms with van der Waals surface area (Å²) in [6, 6.07) is 6.03. The smallest absolute Gasteiger partial charge is 0.223 e. The van der Waals surface area contributed by atoms with Crippen LogP contribution in [-0.4, -0.2) is 25.0 Å². The van der Waals surface area contributed by atoms with Crippen LogP contribution in [0, 0.1) is 25.2 Å². The maximum atomic E-state index is 11.8. The average Bonchev–Trinajstić information content (AvgIpc) is 2.38. The van der Waals surface area contributed by atoms with Crippen LogP contribution in [0.2, 0.25) is 0 Å². The summed E-state index contributed by atoms with van der Waals surface area (Å²) in [5.74, 6) is 0.779. The number of hydrogen-bond donors (Lipinski definition) is 0. The molecule has 0 unspecified atom stereocenters.